The number of hydrogen-bond acceptors (Lipinski definition) is 5. The molecule has 35 heavy (non-hydrogen) atoms. The van der Waals surface area contributed by atoms with Gasteiger partial charge in [-0.1, -0.05) is 36.4 Å². The lowest BCUT2D eigenvalue weighted by atomic mass is 9.71. The predicted octanol–water partition coefficient (Wildman–Crippen LogP) is 4.43. The number of allylic oxidation sites excluding steroid dienone is 3. The molecule has 2 aliphatic rings. The molecule has 0 bridgehead atoms. The molecule has 2 N–H and O–H groups in total. The summed E-state index contributed by atoms with van der Waals surface area (Å²) in [7, 11) is 1.87. The van der Waals surface area contributed by atoms with Crippen LogP contribution >= 0.6 is 0 Å². The Morgan fingerprint density at radius 1 is 1.06 bits per heavy atom. The van der Waals surface area contributed by atoms with E-state index < -0.39 is 5.92 Å². The van der Waals surface area contributed by atoms with Gasteiger partial charge in [-0.3, -0.25) is 14.3 Å². The molecule has 0 saturated carbocycles. The molecule has 0 saturated heterocycles. The summed E-state index contributed by atoms with van der Waals surface area (Å²) < 4.78 is 1.78. The lowest BCUT2D eigenvalue weighted by Crippen LogP contribution is -2.37. The number of carbonyl (C=O) groups is 2. The fraction of sp³-hybridized carbons (Fsp3) is 0.286. The fourth-order valence-corrected chi connectivity index (χ4v) is 5.14. The van der Waals surface area contributed by atoms with E-state index in [9.17, 15) is 9.59 Å². The highest BCUT2D eigenvalue weighted by Gasteiger charge is 2.42. The number of dihydropyridines is 1. The van der Waals surface area contributed by atoms with Crippen LogP contribution in [0.5, 0.6) is 0 Å². The van der Waals surface area contributed by atoms with Crippen LogP contribution in [-0.4, -0.2) is 26.5 Å². The highest BCUT2D eigenvalue weighted by Crippen LogP contribution is 2.46. The van der Waals surface area contributed by atoms with Crippen LogP contribution in [0.15, 0.2) is 77.4 Å². The standard InChI is InChI=1S/C28H29N5O2/c1-16-10-11-24(29-14-16)32-28(35)25-17(2)31-22-12-20(19-8-6-5-7-9-19)13-23(34)27(22)26(25)21-15-30-33(4)18(21)3/h5-11,14-15,20,26,31H,12-13H2,1-4H3,(H,29,32,35)/t20-,26-/m0/s1. The lowest BCUT2D eigenvalue weighted by molar-refractivity contribution is -0.116. The Bertz CT molecular complexity index is 1370. The van der Waals surface area contributed by atoms with Crippen molar-refractivity contribution in [2.24, 2.45) is 7.05 Å². The summed E-state index contributed by atoms with van der Waals surface area (Å²) in [6.07, 6.45) is 4.62. The van der Waals surface area contributed by atoms with Crippen LogP contribution in [0.1, 0.15) is 54.0 Å². The average Bonchev–Trinajstić information content (AvgIpc) is 3.17. The molecule has 1 aromatic carbocycles. The van der Waals surface area contributed by atoms with E-state index >= 15 is 0 Å². The SMILES string of the molecule is CC1=C(C(=O)Nc2ccc(C)cn2)[C@H](c2cnn(C)c2C)C2=C(C[C@H](c3ccccc3)CC2=O)N1. The molecule has 0 unspecified atom stereocenters. The van der Waals surface area contributed by atoms with E-state index in [0.717, 1.165) is 33.8 Å². The van der Waals surface area contributed by atoms with Crippen molar-refractivity contribution in [3.05, 3.63) is 99.8 Å². The van der Waals surface area contributed by atoms with Crippen molar-refractivity contribution in [2.45, 2.75) is 45.4 Å². The van der Waals surface area contributed by atoms with Gasteiger partial charge in [-0.15, -0.1) is 0 Å². The van der Waals surface area contributed by atoms with Crippen molar-refractivity contribution in [2.75, 3.05) is 5.32 Å². The maximum Gasteiger partial charge on any atom is 0.255 e. The minimum absolute atomic E-state index is 0.0621. The third-order valence-corrected chi connectivity index (χ3v) is 7.08. The van der Waals surface area contributed by atoms with Crippen LogP contribution in [0.3, 0.4) is 0 Å². The summed E-state index contributed by atoms with van der Waals surface area (Å²) in [5.74, 6) is -0.127. The number of amides is 1. The molecular formula is C28H29N5O2. The number of nitrogens with zero attached hydrogens (tertiary/aromatic N) is 3. The summed E-state index contributed by atoms with van der Waals surface area (Å²) in [5, 5.41) is 10.8. The number of benzene rings is 1. The molecule has 7 heteroatoms. The number of nitrogens with one attached hydrogen (secondary N) is 2. The van der Waals surface area contributed by atoms with Crippen molar-refractivity contribution < 1.29 is 9.59 Å². The van der Waals surface area contributed by atoms with Crippen LogP contribution in [0, 0.1) is 13.8 Å². The smallest absolute Gasteiger partial charge is 0.255 e. The first-order chi connectivity index (χ1) is 16.8. The second-order valence-corrected chi connectivity index (χ2v) is 9.41. The van der Waals surface area contributed by atoms with Crippen LogP contribution in [0.25, 0.3) is 0 Å². The number of rotatable bonds is 4. The molecule has 2 atom stereocenters. The Morgan fingerprint density at radius 3 is 2.49 bits per heavy atom. The molecular weight excluding hydrogens is 438 g/mol. The molecule has 1 amide bonds. The Hall–Kier alpha value is -4.00. The third kappa shape index (κ3) is 4.18. The zero-order chi connectivity index (χ0) is 24.7. The second kappa shape index (κ2) is 8.98. The zero-order valence-corrected chi connectivity index (χ0v) is 20.4. The van der Waals surface area contributed by atoms with Crippen LogP contribution in [0.4, 0.5) is 5.82 Å². The van der Waals surface area contributed by atoms with Crippen molar-refractivity contribution in [1.82, 2.24) is 20.1 Å². The molecule has 7 nitrogen and oxygen atoms in total. The number of pyridine rings is 1. The first-order valence-electron chi connectivity index (χ1n) is 11.8. The minimum Gasteiger partial charge on any atom is -0.362 e. The maximum atomic E-state index is 13.7. The van der Waals surface area contributed by atoms with E-state index in [-0.39, 0.29) is 17.6 Å². The number of anilines is 1. The summed E-state index contributed by atoms with van der Waals surface area (Å²) in [4.78, 5) is 31.6. The van der Waals surface area contributed by atoms with E-state index in [1.807, 2.05) is 52.1 Å². The molecule has 5 rings (SSSR count). The van der Waals surface area contributed by atoms with Crippen LogP contribution < -0.4 is 10.6 Å². The van der Waals surface area contributed by atoms with Gasteiger partial charge in [0.05, 0.1) is 6.20 Å². The van der Waals surface area contributed by atoms with E-state index in [1.54, 1.807) is 23.1 Å². The quantitative estimate of drug-likeness (QED) is 0.593. The van der Waals surface area contributed by atoms with Gasteiger partial charge >= 0.3 is 0 Å². The highest BCUT2D eigenvalue weighted by atomic mass is 16.2. The molecule has 0 spiro atoms. The fourth-order valence-electron chi connectivity index (χ4n) is 5.14. The summed E-state index contributed by atoms with van der Waals surface area (Å²) in [6.45, 7) is 5.82. The first kappa shape index (κ1) is 22.8. The van der Waals surface area contributed by atoms with Crippen molar-refractivity contribution in [3.63, 3.8) is 0 Å². The molecule has 3 heterocycles. The van der Waals surface area contributed by atoms with E-state index in [2.05, 4.69) is 32.8 Å². The monoisotopic (exact) mass is 467 g/mol. The van der Waals surface area contributed by atoms with Crippen molar-refractivity contribution in [3.8, 4) is 0 Å². The van der Waals surface area contributed by atoms with Gasteiger partial charge < -0.3 is 10.6 Å². The second-order valence-electron chi connectivity index (χ2n) is 9.41. The number of hydrogen-bond donors (Lipinski definition) is 2. The summed E-state index contributed by atoms with van der Waals surface area (Å²) >= 11 is 0. The summed E-state index contributed by atoms with van der Waals surface area (Å²) in [5.41, 5.74) is 6.78. The Balaban J connectivity index is 1.57. The van der Waals surface area contributed by atoms with Gasteiger partial charge in [-0.2, -0.15) is 5.10 Å². The van der Waals surface area contributed by atoms with Gasteiger partial charge in [0.15, 0.2) is 5.78 Å². The topological polar surface area (TPSA) is 88.9 Å². The molecule has 178 valence electrons. The Labute approximate surface area is 205 Å². The Kier molecular flexibility index (Phi) is 5.84. The van der Waals surface area contributed by atoms with Gasteiger partial charge in [-0.05, 0) is 50.3 Å². The molecule has 0 radical (unpaired) electrons. The van der Waals surface area contributed by atoms with Gasteiger partial charge in [0.25, 0.3) is 5.91 Å². The molecule has 1 aliphatic carbocycles. The number of carbonyl (C=O) groups excluding carboxylic acids is 2. The highest BCUT2D eigenvalue weighted by molar-refractivity contribution is 6.09. The van der Waals surface area contributed by atoms with E-state index in [0.29, 0.717) is 29.8 Å². The van der Waals surface area contributed by atoms with Gasteiger partial charge in [0, 0.05) is 59.4 Å². The molecule has 3 aromatic rings. The van der Waals surface area contributed by atoms with Gasteiger partial charge in [0.1, 0.15) is 5.82 Å². The van der Waals surface area contributed by atoms with Crippen LogP contribution in [-0.2, 0) is 16.6 Å². The maximum absolute atomic E-state index is 13.7. The van der Waals surface area contributed by atoms with E-state index in [1.165, 1.54) is 0 Å². The minimum atomic E-state index is -0.491. The number of aryl methyl sites for hydroxylation is 2. The largest absolute Gasteiger partial charge is 0.362 e. The number of Topliss-reactive ketones (excluding diaryl/α,β-unsaturated/α-hetero) is 1. The first-order valence-corrected chi connectivity index (χ1v) is 11.8. The number of ketones is 1. The lowest BCUT2D eigenvalue weighted by Gasteiger charge is -2.36. The third-order valence-electron chi connectivity index (χ3n) is 7.08. The normalized spacial score (nSPS) is 19.9. The van der Waals surface area contributed by atoms with Crippen molar-refractivity contribution in [1.29, 1.82) is 0 Å². The van der Waals surface area contributed by atoms with E-state index in [4.69, 9.17) is 0 Å². The predicted molar refractivity (Wildman–Crippen MR) is 135 cm³/mol. The van der Waals surface area contributed by atoms with Crippen molar-refractivity contribution >= 4 is 17.5 Å². The number of aromatic nitrogens is 3. The van der Waals surface area contributed by atoms with Crippen LogP contribution in [0.2, 0.25) is 0 Å². The summed E-state index contributed by atoms with van der Waals surface area (Å²) in [6, 6.07) is 13.8. The average molecular weight is 468 g/mol. The molecule has 1 aliphatic heterocycles. The van der Waals surface area contributed by atoms with Gasteiger partial charge in [-0.25, -0.2) is 4.98 Å². The van der Waals surface area contributed by atoms with Gasteiger partial charge in [0.2, 0.25) is 0 Å². The zero-order valence-electron chi connectivity index (χ0n) is 20.4. The molecule has 0 fully saturated rings. The Morgan fingerprint density at radius 2 is 1.83 bits per heavy atom. The molecule has 2 aromatic heterocycles.